The number of unbranched alkanes of at least 4 members (excludes halogenated alkanes) is 1. The summed E-state index contributed by atoms with van der Waals surface area (Å²) in [6.45, 7) is 5.16. The Kier molecular flexibility index (Phi) is 9.58. The van der Waals surface area contributed by atoms with E-state index in [1.165, 1.54) is 4.90 Å². The maximum Gasteiger partial charge on any atom is 0.261 e. The number of amides is 4. The lowest BCUT2D eigenvalue weighted by atomic mass is 10.1. The highest BCUT2D eigenvalue weighted by Gasteiger charge is 2.35. The molecule has 1 aliphatic rings. The summed E-state index contributed by atoms with van der Waals surface area (Å²) in [7, 11) is 0. The number of hydrogen-bond acceptors (Lipinski definition) is 4. The Hall–Kier alpha value is -3.48. The maximum absolute atomic E-state index is 13.3. The lowest BCUT2D eigenvalue weighted by molar-refractivity contribution is -0.140. The first-order valence-electron chi connectivity index (χ1n) is 12.5. The van der Waals surface area contributed by atoms with Crippen molar-refractivity contribution in [2.24, 2.45) is 0 Å². The number of nitrogens with zero attached hydrogens (tertiary/aromatic N) is 2. The van der Waals surface area contributed by atoms with Crippen LogP contribution in [0.1, 0.15) is 72.2 Å². The van der Waals surface area contributed by atoms with Gasteiger partial charge in [-0.3, -0.25) is 24.1 Å². The van der Waals surface area contributed by atoms with Gasteiger partial charge in [0.2, 0.25) is 11.8 Å². The molecule has 0 radical (unpaired) electrons. The predicted molar refractivity (Wildman–Crippen MR) is 135 cm³/mol. The zero-order valence-electron chi connectivity index (χ0n) is 20.7. The Balaban J connectivity index is 1.64. The molecule has 0 fully saturated rings. The third kappa shape index (κ3) is 6.56. The van der Waals surface area contributed by atoms with Gasteiger partial charge in [0.25, 0.3) is 11.8 Å². The summed E-state index contributed by atoms with van der Waals surface area (Å²) in [6, 6.07) is 16.1. The largest absolute Gasteiger partial charge is 0.354 e. The Bertz CT molecular complexity index is 1000. The first-order valence-corrected chi connectivity index (χ1v) is 12.5. The minimum absolute atomic E-state index is 0.136. The van der Waals surface area contributed by atoms with Crippen molar-refractivity contribution in [3.63, 3.8) is 0 Å². The third-order valence-electron chi connectivity index (χ3n) is 6.35. The van der Waals surface area contributed by atoms with E-state index in [9.17, 15) is 19.2 Å². The second-order valence-electron chi connectivity index (χ2n) is 8.80. The van der Waals surface area contributed by atoms with Gasteiger partial charge in [-0.2, -0.15) is 0 Å². The monoisotopic (exact) mass is 477 g/mol. The van der Waals surface area contributed by atoms with E-state index < -0.39 is 6.04 Å². The molecule has 0 aromatic heterocycles. The normalized spacial score (nSPS) is 13.5. The average molecular weight is 478 g/mol. The molecule has 1 unspecified atom stereocenters. The molecule has 0 saturated carbocycles. The molecule has 3 rings (SSSR count). The van der Waals surface area contributed by atoms with Gasteiger partial charge in [0, 0.05) is 26.1 Å². The number of carbonyl (C=O) groups is 4. The minimum atomic E-state index is -0.553. The molecular weight excluding hydrogens is 442 g/mol. The number of imide groups is 1. The molecule has 0 bridgehead atoms. The summed E-state index contributed by atoms with van der Waals surface area (Å²) in [6.07, 6.45) is 3.52. The third-order valence-corrected chi connectivity index (χ3v) is 6.35. The summed E-state index contributed by atoms with van der Waals surface area (Å²) in [5, 5.41) is 2.96. The van der Waals surface area contributed by atoms with Gasteiger partial charge < -0.3 is 10.2 Å². The van der Waals surface area contributed by atoms with Crippen LogP contribution in [0, 0.1) is 0 Å². The fraction of sp³-hybridized carbons (Fsp3) is 0.429. The van der Waals surface area contributed by atoms with Gasteiger partial charge in [0.1, 0.15) is 6.04 Å². The van der Waals surface area contributed by atoms with Crippen LogP contribution in [0.5, 0.6) is 0 Å². The van der Waals surface area contributed by atoms with Crippen LogP contribution in [0.15, 0.2) is 54.6 Å². The van der Waals surface area contributed by atoms with Gasteiger partial charge in [-0.05, 0) is 43.4 Å². The standard InChI is InChI=1S/C28H35N3O4/c1-3-5-18-29-26(33)24(4-2)30(20-17-21-12-7-6-8-13-21)25(32)16-11-19-31-27(34)22-14-9-10-15-23(22)28(31)35/h6-10,12-15,24H,3-5,11,16-20H2,1-2H3,(H,29,33). The van der Waals surface area contributed by atoms with Crippen molar-refractivity contribution in [1.82, 2.24) is 15.1 Å². The van der Waals surface area contributed by atoms with Gasteiger partial charge in [0.05, 0.1) is 11.1 Å². The summed E-state index contributed by atoms with van der Waals surface area (Å²) in [5.41, 5.74) is 1.91. The smallest absolute Gasteiger partial charge is 0.261 e. The molecule has 0 saturated heterocycles. The van der Waals surface area contributed by atoms with Crippen LogP contribution in [0.25, 0.3) is 0 Å². The lowest BCUT2D eigenvalue weighted by Gasteiger charge is -2.31. The summed E-state index contributed by atoms with van der Waals surface area (Å²) in [4.78, 5) is 54.3. The molecule has 1 N–H and O–H groups in total. The van der Waals surface area contributed by atoms with Crippen LogP contribution in [0.4, 0.5) is 0 Å². The van der Waals surface area contributed by atoms with E-state index in [4.69, 9.17) is 0 Å². The number of benzene rings is 2. The molecule has 1 aliphatic heterocycles. The van der Waals surface area contributed by atoms with Gasteiger partial charge in [-0.1, -0.05) is 62.7 Å². The number of nitrogens with one attached hydrogen (secondary N) is 1. The topological polar surface area (TPSA) is 86.8 Å². The van der Waals surface area contributed by atoms with E-state index in [1.807, 2.05) is 37.3 Å². The van der Waals surface area contributed by atoms with Crippen molar-refractivity contribution >= 4 is 23.6 Å². The fourth-order valence-corrected chi connectivity index (χ4v) is 4.38. The zero-order chi connectivity index (χ0) is 25.2. The van der Waals surface area contributed by atoms with Gasteiger partial charge in [0.15, 0.2) is 0 Å². The van der Waals surface area contributed by atoms with Crippen molar-refractivity contribution in [2.45, 2.75) is 58.4 Å². The first kappa shape index (κ1) is 26.1. The van der Waals surface area contributed by atoms with Gasteiger partial charge in [-0.25, -0.2) is 0 Å². The summed E-state index contributed by atoms with van der Waals surface area (Å²) in [5.74, 6) is -0.917. The minimum Gasteiger partial charge on any atom is -0.354 e. The Morgan fingerprint density at radius 1 is 0.914 bits per heavy atom. The van der Waals surface area contributed by atoms with Crippen molar-refractivity contribution in [1.29, 1.82) is 0 Å². The van der Waals surface area contributed by atoms with E-state index in [0.717, 1.165) is 18.4 Å². The predicted octanol–water partition coefficient (Wildman–Crippen LogP) is 3.83. The second-order valence-corrected chi connectivity index (χ2v) is 8.80. The second kappa shape index (κ2) is 12.8. The molecule has 7 heteroatoms. The highest BCUT2D eigenvalue weighted by Crippen LogP contribution is 2.23. The maximum atomic E-state index is 13.3. The van der Waals surface area contributed by atoms with E-state index >= 15 is 0 Å². The number of carbonyl (C=O) groups excluding carboxylic acids is 4. The molecule has 0 spiro atoms. The highest BCUT2D eigenvalue weighted by atomic mass is 16.2. The van der Waals surface area contributed by atoms with E-state index in [2.05, 4.69) is 12.2 Å². The molecule has 1 heterocycles. The van der Waals surface area contributed by atoms with Crippen LogP contribution in [-0.2, 0) is 16.0 Å². The SMILES string of the molecule is CCCCNC(=O)C(CC)N(CCc1ccccc1)C(=O)CCCN1C(=O)c2ccccc2C1=O. The molecule has 186 valence electrons. The first-order chi connectivity index (χ1) is 17.0. The summed E-state index contributed by atoms with van der Waals surface area (Å²) < 4.78 is 0. The van der Waals surface area contributed by atoms with Crippen LogP contribution >= 0.6 is 0 Å². The molecule has 35 heavy (non-hydrogen) atoms. The number of rotatable bonds is 13. The van der Waals surface area contributed by atoms with Crippen LogP contribution < -0.4 is 5.32 Å². The molecule has 2 aromatic rings. The molecule has 0 aliphatic carbocycles. The molecule has 7 nitrogen and oxygen atoms in total. The van der Waals surface area contributed by atoms with Crippen molar-refractivity contribution < 1.29 is 19.2 Å². The summed E-state index contributed by atoms with van der Waals surface area (Å²) >= 11 is 0. The zero-order valence-corrected chi connectivity index (χ0v) is 20.7. The van der Waals surface area contributed by atoms with E-state index in [-0.39, 0.29) is 36.6 Å². The quantitative estimate of drug-likeness (QED) is 0.351. The average Bonchev–Trinajstić information content (AvgIpc) is 3.12. The Labute approximate surface area is 207 Å². The Morgan fingerprint density at radius 2 is 1.54 bits per heavy atom. The van der Waals surface area contributed by atoms with Crippen molar-refractivity contribution in [3.8, 4) is 0 Å². The van der Waals surface area contributed by atoms with E-state index in [1.54, 1.807) is 29.2 Å². The van der Waals surface area contributed by atoms with Crippen LogP contribution in [0.3, 0.4) is 0 Å². The van der Waals surface area contributed by atoms with Crippen molar-refractivity contribution in [3.05, 3.63) is 71.3 Å². The van der Waals surface area contributed by atoms with Crippen LogP contribution in [0.2, 0.25) is 0 Å². The van der Waals surface area contributed by atoms with E-state index in [0.29, 0.717) is 43.5 Å². The fourth-order valence-electron chi connectivity index (χ4n) is 4.38. The molecular formula is C28H35N3O4. The van der Waals surface area contributed by atoms with Crippen molar-refractivity contribution in [2.75, 3.05) is 19.6 Å². The highest BCUT2D eigenvalue weighted by molar-refractivity contribution is 6.21. The molecule has 1 atom stereocenters. The lowest BCUT2D eigenvalue weighted by Crippen LogP contribution is -2.50. The molecule has 2 aromatic carbocycles. The number of hydrogen-bond donors (Lipinski definition) is 1. The van der Waals surface area contributed by atoms with Crippen LogP contribution in [-0.4, -0.2) is 59.1 Å². The molecule has 4 amide bonds. The Morgan fingerprint density at radius 3 is 2.14 bits per heavy atom. The van der Waals surface area contributed by atoms with Gasteiger partial charge >= 0.3 is 0 Å². The number of fused-ring (bicyclic) bond motifs is 1. The van der Waals surface area contributed by atoms with Gasteiger partial charge in [-0.15, -0.1) is 0 Å².